The van der Waals surface area contributed by atoms with Crippen LogP contribution in [0.3, 0.4) is 0 Å². The van der Waals surface area contributed by atoms with E-state index in [1.165, 1.54) is 16.9 Å². The maximum atomic E-state index is 12.5. The number of amides is 1. The van der Waals surface area contributed by atoms with E-state index in [4.69, 9.17) is 4.74 Å². The van der Waals surface area contributed by atoms with Gasteiger partial charge in [-0.2, -0.15) is 0 Å². The Kier molecular flexibility index (Phi) is 4.85. The molecule has 0 spiro atoms. The van der Waals surface area contributed by atoms with Gasteiger partial charge in [-0.1, -0.05) is 48.6 Å². The molecule has 1 aromatic heterocycles. The van der Waals surface area contributed by atoms with Gasteiger partial charge < -0.3 is 4.74 Å². The minimum atomic E-state index is -0.182. The van der Waals surface area contributed by atoms with E-state index in [2.05, 4.69) is 23.3 Å². The van der Waals surface area contributed by atoms with Gasteiger partial charge in [0.25, 0.3) is 5.91 Å². The van der Waals surface area contributed by atoms with Gasteiger partial charge in [0.1, 0.15) is 11.5 Å². The highest BCUT2D eigenvalue weighted by Crippen LogP contribution is 2.29. The molecular formula is C22H18N2O2S. The Balaban J connectivity index is 1.48. The molecular weight excluding hydrogens is 356 g/mol. The van der Waals surface area contributed by atoms with Crippen molar-refractivity contribution < 1.29 is 9.53 Å². The number of aromatic nitrogens is 1. The van der Waals surface area contributed by atoms with Gasteiger partial charge in [0, 0.05) is 5.56 Å². The largest absolute Gasteiger partial charge is 0.457 e. The van der Waals surface area contributed by atoms with Crippen LogP contribution in [-0.2, 0) is 6.42 Å². The fraction of sp³-hybridized carbons (Fsp3) is 0.0909. The fourth-order valence-electron chi connectivity index (χ4n) is 2.81. The first-order valence-corrected chi connectivity index (χ1v) is 9.57. The van der Waals surface area contributed by atoms with Crippen LogP contribution in [0.5, 0.6) is 11.5 Å². The Morgan fingerprint density at radius 3 is 2.44 bits per heavy atom. The van der Waals surface area contributed by atoms with Crippen molar-refractivity contribution in [2.24, 2.45) is 0 Å². The highest BCUT2D eigenvalue weighted by molar-refractivity contribution is 7.22. The third-order valence-electron chi connectivity index (χ3n) is 4.20. The molecule has 0 bridgehead atoms. The number of hydrogen-bond donors (Lipinski definition) is 1. The summed E-state index contributed by atoms with van der Waals surface area (Å²) in [7, 11) is 0. The smallest absolute Gasteiger partial charge is 0.257 e. The van der Waals surface area contributed by atoms with E-state index in [0.717, 1.165) is 22.4 Å². The number of fused-ring (bicyclic) bond motifs is 1. The monoisotopic (exact) mass is 374 g/mol. The summed E-state index contributed by atoms with van der Waals surface area (Å²) >= 11 is 1.49. The summed E-state index contributed by atoms with van der Waals surface area (Å²) < 4.78 is 6.83. The maximum absolute atomic E-state index is 12.5. The zero-order chi connectivity index (χ0) is 18.6. The Hall–Kier alpha value is -3.18. The number of para-hydroxylation sites is 2. The molecule has 0 saturated carbocycles. The van der Waals surface area contributed by atoms with Gasteiger partial charge in [-0.05, 0) is 54.4 Å². The van der Waals surface area contributed by atoms with Crippen molar-refractivity contribution in [2.75, 3.05) is 5.32 Å². The molecule has 5 heteroatoms. The summed E-state index contributed by atoms with van der Waals surface area (Å²) in [4.78, 5) is 17.1. The second-order valence-corrected chi connectivity index (χ2v) is 7.06. The van der Waals surface area contributed by atoms with Gasteiger partial charge in [0.15, 0.2) is 5.13 Å². The minimum Gasteiger partial charge on any atom is -0.457 e. The number of aryl methyl sites for hydroxylation is 1. The van der Waals surface area contributed by atoms with Crippen molar-refractivity contribution in [3.8, 4) is 11.5 Å². The molecule has 0 atom stereocenters. The molecule has 0 aliphatic rings. The van der Waals surface area contributed by atoms with Crippen LogP contribution in [0, 0.1) is 0 Å². The molecule has 0 radical (unpaired) electrons. The van der Waals surface area contributed by atoms with Gasteiger partial charge >= 0.3 is 0 Å². The van der Waals surface area contributed by atoms with Crippen LogP contribution in [-0.4, -0.2) is 10.9 Å². The standard InChI is InChI=1S/C22H18N2O2S/c1-2-15-7-6-10-19-20(15)23-22(27-19)24-21(25)16-11-13-18(14-12-16)26-17-8-4-3-5-9-17/h3-14H,2H2,1H3,(H,23,24,25). The second kappa shape index (κ2) is 7.60. The summed E-state index contributed by atoms with van der Waals surface area (Å²) in [6.45, 7) is 2.10. The molecule has 0 unspecified atom stereocenters. The average molecular weight is 374 g/mol. The maximum Gasteiger partial charge on any atom is 0.257 e. The molecule has 1 heterocycles. The number of carbonyl (C=O) groups is 1. The number of anilines is 1. The number of nitrogens with one attached hydrogen (secondary N) is 1. The zero-order valence-corrected chi connectivity index (χ0v) is 15.6. The number of nitrogens with zero attached hydrogens (tertiary/aromatic N) is 1. The normalized spacial score (nSPS) is 10.7. The highest BCUT2D eigenvalue weighted by atomic mass is 32.1. The summed E-state index contributed by atoms with van der Waals surface area (Å²) in [5.74, 6) is 1.26. The summed E-state index contributed by atoms with van der Waals surface area (Å²) in [5, 5.41) is 3.51. The molecule has 1 N–H and O–H groups in total. The zero-order valence-electron chi connectivity index (χ0n) is 14.8. The minimum absolute atomic E-state index is 0.182. The van der Waals surface area contributed by atoms with E-state index in [-0.39, 0.29) is 5.91 Å². The van der Waals surface area contributed by atoms with E-state index in [9.17, 15) is 4.79 Å². The van der Waals surface area contributed by atoms with Crippen molar-refractivity contribution in [3.63, 3.8) is 0 Å². The van der Waals surface area contributed by atoms with E-state index < -0.39 is 0 Å². The lowest BCUT2D eigenvalue weighted by Gasteiger charge is -2.06. The lowest BCUT2D eigenvalue weighted by Crippen LogP contribution is -2.11. The van der Waals surface area contributed by atoms with Crippen molar-refractivity contribution in [2.45, 2.75) is 13.3 Å². The van der Waals surface area contributed by atoms with Crippen LogP contribution in [0.15, 0.2) is 72.8 Å². The number of carbonyl (C=O) groups excluding carboxylic acids is 1. The number of ether oxygens (including phenoxy) is 1. The Morgan fingerprint density at radius 2 is 1.70 bits per heavy atom. The molecule has 27 heavy (non-hydrogen) atoms. The molecule has 134 valence electrons. The lowest BCUT2D eigenvalue weighted by molar-refractivity contribution is 0.102. The molecule has 3 aromatic carbocycles. The lowest BCUT2D eigenvalue weighted by atomic mass is 10.1. The van der Waals surface area contributed by atoms with Crippen LogP contribution in [0.2, 0.25) is 0 Å². The Labute approximate surface area is 161 Å². The van der Waals surface area contributed by atoms with E-state index in [1.54, 1.807) is 24.3 Å². The molecule has 0 fully saturated rings. The molecule has 4 aromatic rings. The van der Waals surface area contributed by atoms with E-state index in [0.29, 0.717) is 16.4 Å². The second-order valence-electron chi connectivity index (χ2n) is 6.03. The van der Waals surface area contributed by atoms with Crippen LogP contribution < -0.4 is 10.1 Å². The number of hydrogen-bond acceptors (Lipinski definition) is 4. The van der Waals surface area contributed by atoms with E-state index >= 15 is 0 Å². The first-order chi connectivity index (χ1) is 13.2. The molecule has 0 aliphatic carbocycles. The highest BCUT2D eigenvalue weighted by Gasteiger charge is 2.11. The number of thiazole rings is 1. The summed E-state index contributed by atoms with van der Waals surface area (Å²) in [5.41, 5.74) is 2.71. The van der Waals surface area contributed by atoms with Crippen LogP contribution in [0.25, 0.3) is 10.2 Å². The van der Waals surface area contributed by atoms with Crippen molar-refractivity contribution in [1.29, 1.82) is 0 Å². The summed E-state index contributed by atoms with van der Waals surface area (Å²) in [6.07, 6.45) is 0.914. The number of benzene rings is 3. The molecule has 1 amide bonds. The Morgan fingerprint density at radius 1 is 0.963 bits per heavy atom. The molecule has 0 aliphatic heterocycles. The molecule has 4 nitrogen and oxygen atoms in total. The van der Waals surface area contributed by atoms with Gasteiger partial charge in [-0.15, -0.1) is 0 Å². The van der Waals surface area contributed by atoms with Gasteiger partial charge in [-0.25, -0.2) is 4.98 Å². The van der Waals surface area contributed by atoms with E-state index in [1.807, 2.05) is 42.5 Å². The average Bonchev–Trinajstić information content (AvgIpc) is 3.11. The van der Waals surface area contributed by atoms with Gasteiger partial charge in [0.2, 0.25) is 0 Å². The van der Waals surface area contributed by atoms with Gasteiger partial charge in [0.05, 0.1) is 10.2 Å². The molecule has 4 rings (SSSR count). The van der Waals surface area contributed by atoms with Crippen molar-refractivity contribution >= 4 is 32.6 Å². The van der Waals surface area contributed by atoms with Crippen LogP contribution >= 0.6 is 11.3 Å². The first-order valence-electron chi connectivity index (χ1n) is 8.75. The first kappa shape index (κ1) is 17.2. The van der Waals surface area contributed by atoms with Crippen LogP contribution in [0.4, 0.5) is 5.13 Å². The SMILES string of the molecule is CCc1cccc2sc(NC(=O)c3ccc(Oc4ccccc4)cc3)nc12. The van der Waals surface area contributed by atoms with Gasteiger partial charge in [-0.3, -0.25) is 10.1 Å². The Bertz CT molecular complexity index is 1070. The molecule has 0 saturated heterocycles. The fourth-order valence-corrected chi connectivity index (χ4v) is 3.72. The predicted octanol–water partition coefficient (Wildman–Crippen LogP) is 5.90. The van der Waals surface area contributed by atoms with Crippen molar-refractivity contribution in [3.05, 3.63) is 83.9 Å². The van der Waals surface area contributed by atoms with Crippen molar-refractivity contribution in [1.82, 2.24) is 4.98 Å². The third kappa shape index (κ3) is 3.83. The summed E-state index contributed by atoms with van der Waals surface area (Å²) in [6, 6.07) is 22.7. The predicted molar refractivity (Wildman–Crippen MR) is 110 cm³/mol. The van der Waals surface area contributed by atoms with Crippen LogP contribution in [0.1, 0.15) is 22.8 Å². The number of rotatable bonds is 5. The quantitative estimate of drug-likeness (QED) is 0.473. The topological polar surface area (TPSA) is 51.2 Å². The third-order valence-corrected chi connectivity index (χ3v) is 5.14.